The van der Waals surface area contributed by atoms with Crippen molar-refractivity contribution >= 4 is 39.9 Å². The molecular weight excluding hydrogens is 415 g/mol. The maximum absolute atomic E-state index is 9.27. The van der Waals surface area contributed by atoms with Crippen LogP contribution in [0.2, 0.25) is 0 Å². The molecule has 3 radical (unpaired) electrons. The van der Waals surface area contributed by atoms with Crippen LogP contribution in [0.1, 0.15) is 20.8 Å². The van der Waals surface area contributed by atoms with Crippen LogP contribution in [0, 0.1) is 12.0 Å². The first-order valence-electron chi connectivity index (χ1n) is 7.71. The van der Waals surface area contributed by atoms with Crippen LogP contribution < -0.4 is 0 Å². The molecule has 2 aromatic carbocycles. The quantitative estimate of drug-likeness (QED) is 0.447. The summed E-state index contributed by atoms with van der Waals surface area (Å²) in [6.07, 6.45) is 3.27. The Balaban J connectivity index is 0. The van der Waals surface area contributed by atoms with E-state index in [1.165, 1.54) is 11.1 Å². The molecule has 1 aliphatic carbocycles. The van der Waals surface area contributed by atoms with E-state index in [4.69, 9.17) is 0 Å². The van der Waals surface area contributed by atoms with E-state index in [1.54, 1.807) is 32.1 Å². The summed E-state index contributed by atoms with van der Waals surface area (Å²) in [6, 6.07) is 17.3. The fourth-order valence-electron chi connectivity index (χ4n) is 2.27. The Morgan fingerprint density at radius 1 is 0.962 bits per heavy atom. The van der Waals surface area contributed by atoms with Crippen molar-refractivity contribution in [2.45, 2.75) is 20.8 Å². The Morgan fingerprint density at radius 3 is 1.88 bits per heavy atom. The predicted molar refractivity (Wildman–Crippen MR) is 115 cm³/mol. The van der Waals surface area contributed by atoms with Crippen molar-refractivity contribution in [1.29, 1.82) is 0 Å². The molecule has 136 valence electrons. The molecule has 1 nitrogen and oxygen atoms in total. The van der Waals surface area contributed by atoms with Gasteiger partial charge in [-0.2, -0.15) is 5.57 Å². The van der Waals surface area contributed by atoms with E-state index in [2.05, 4.69) is 41.9 Å². The van der Waals surface area contributed by atoms with Crippen molar-refractivity contribution in [1.82, 2.24) is 0 Å². The van der Waals surface area contributed by atoms with E-state index in [-0.39, 0.29) is 24.8 Å². The van der Waals surface area contributed by atoms with Gasteiger partial charge in [0.15, 0.2) is 0 Å². The van der Waals surface area contributed by atoms with E-state index in [0.29, 0.717) is 11.7 Å². The van der Waals surface area contributed by atoms with Gasteiger partial charge in [-0.05, 0) is 23.3 Å². The van der Waals surface area contributed by atoms with Crippen molar-refractivity contribution in [3.8, 4) is 16.9 Å². The fourth-order valence-corrected chi connectivity index (χ4v) is 2.68. The molecule has 0 amide bonds. The number of hydrogen-bond donors (Lipinski definition) is 1. The van der Waals surface area contributed by atoms with Gasteiger partial charge in [0.1, 0.15) is 5.75 Å². The zero-order valence-corrected chi connectivity index (χ0v) is 19.4. The van der Waals surface area contributed by atoms with Crippen LogP contribution in [0.3, 0.4) is 0 Å². The molecule has 1 unspecified atom stereocenters. The number of aromatic hydroxyl groups is 1. The minimum atomic E-state index is 0. The predicted octanol–water partition coefficient (Wildman–Crippen LogP) is 5.70. The second-order valence-electron chi connectivity index (χ2n) is 5.47. The Bertz CT molecular complexity index is 730. The number of phenolic OH excluding ortho intramolecular Hbond substituents is 1. The molecule has 2 aromatic rings. The molecule has 26 heavy (non-hydrogen) atoms. The average molecular weight is 439 g/mol. The van der Waals surface area contributed by atoms with Gasteiger partial charge >= 0.3 is 24.8 Å². The van der Waals surface area contributed by atoms with Crippen LogP contribution in [0.25, 0.3) is 11.1 Å². The third-order valence-corrected chi connectivity index (χ3v) is 4.45. The van der Waals surface area contributed by atoms with E-state index < -0.39 is 0 Å². The van der Waals surface area contributed by atoms with Crippen LogP contribution in [-0.2, 0) is 20.0 Å². The Morgan fingerprint density at radius 2 is 1.50 bits per heavy atom. The van der Waals surface area contributed by atoms with E-state index in [0.717, 1.165) is 16.3 Å². The average Bonchev–Trinajstić information content (AvgIpc) is 2.84. The van der Waals surface area contributed by atoms with Gasteiger partial charge in [0.05, 0.1) is 0 Å². The summed E-state index contributed by atoms with van der Waals surface area (Å²) >= 11 is 1.75. The van der Waals surface area contributed by atoms with Gasteiger partial charge < -0.3 is 5.11 Å². The molecule has 0 spiro atoms. The van der Waals surface area contributed by atoms with E-state index in [1.807, 2.05) is 42.5 Å². The summed E-state index contributed by atoms with van der Waals surface area (Å²) < 4.78 is 0. The van der Waals surface area contributed by atoms with Crippen LogP contribution in [0.15, 0.2) is 70.9 Å². The van der Waals surface area contributed by atoms with Crippen LogP contribution in [0.4, 0.5) is 0 Å². The monoisotopic (exact) mass is 438 g/mol. The second kappa shape index (κ2) is 14.2. The molecule has 5 heteroatoms. The van der Waals surface area contributed by atoms with Crippen LogP contribution in [0.5, 0.6) is 5.75 Å². The zero-order chi connectivity index (χ0) is 18.1. The molecule has 0 aromatic heterocycles. The number of benzene rings is 2. The van der Waals surface area contributed by atoms with E-state index in [9.17, 15) is 5.11 Å². The molecule has 0 saturated heterocycles. The van der Waals surface area contributed by atoms with Gasteiger partial charge in [0, 0.05) is 10.2 Å². The van der Waals surface area contributed by atoms with Gasteiger partial charge in [-0.25, -0.2) is 10.8 Å². The Kier molecular flexibility index (Phi) is 14.9. The molecule has 0 heterocycles. The minimum absolute atomic E-state index is 0. The van der Waals surface area contributed by atoms with Crippen LogP contribution in [-0.4, -0.2) is 20.2 Å². The molecule has 0 fully saturated rings. The summed E-state index contributed by atoms with van der Waals surface area (Å²) in [5.74, 6) is 0.818. The van der Waals surface area contributed by atoms with E-state index >= 15 is 0 Å². The number of rotatable bonds is 1. The standard InChI is InChI=1S/C12H10O.C8H10Si.CH2.2ClH.Ti/c13-12-8-4-7-11(9-12)10-5-2-1-3-6-10;1-5-4-8(9)7(3)6(5)2;;;;/h1-9,13H;5H,1-3H3;1H2;2*1H;/q;-1;;;;+1. The molecule has 1 atom stereocenters. The molecule has 0 aliphatic heterocycles. The number of phenols is 1. The van der Waals surface area contributed by atoms with Crippen molar-refractivity contribution in [3.05, 3.63) is 77.0 Å². The van der Waals surface area contributed by atoms with Crippen molar-refractivity contribution in [2.75, 3.05) is 0 Å². The zero-order valence-electron chi connectivity index (χ0n) is 15.2. The van der Waals surface area contributed by atoms with Gasteiger partial charge in [-0.15, -0.1) is 31.7 Å². The summed E-state index contributed by atoms with van der Waals surface area (Å²) in [7, 11) is 3.48. The third-order valence-electron chi connectivity index (χ3n) is 3.93. The topological polar surface area (TPSA) is 20.2 Å². The first-order chi connectivity index (χ1) is 11.5. The molecule has 3 rings (SSSR count). The molecule has 0 saturated carbocycles. The fraction of sp³-hybridized carbons (Fsp3) is 0.190. The molecule has 0 bridgehead atoms. The first-order valence-corrected chi connectivity index (χ1v) is 9.32. The van der Waals surface area contributed by atoms with Crippen molar-refractivity contribution in [2.24, 2.45) is 5.92 Å². The number of hydrogen-bond acceptors (Lipinski definition) is 1. The summed E-state index contributed by atoms with van der Waals surface area (Å²) in [6.45, 7) is 6.43. The molecular formula is C21H24Cl2OSiTi. The van der Waals surface area contributed by atoms with Gasteiger partial charge in [-0.3, -0.25) is 6.08 Å². The first kappa shape index (κ1) is 27.3. The molecule has 1 N–H and O–H groups in total. The normalized spacial score (nSPS) is 14.5. The number of allylic oxidation sites excluding steroid dienone is 4. The third kappa shape index (κ3) is 8.20. The van der Waals surface area contributed by atoms with Crippen molar-refractivity contribution < 1.29 is 25.1 Å². The molecule has 1 aliphatic rings. The Labute approximate surface area is 184 Å². The second-order valence-corrected chi connectivity index (χ2v) is 5.97. The van der Waals surface area contributed by atoms with Crippen molar-refractivity contribution in [3.63, 3.8) is 0 Å². The van der Waals surface area contributed by atoms with Gasteiger partial charge in [0.2, 0.25) is 0 Å². The summed E-state index contributed by atoms with van der Waals surface area (Å²) in [4.78, 5) is 3.25. The van der Waals surface area contributed by atoms with Crippen LogP contribution >= 0.6 is 24.8 Å². The summed E-state index contributed by atoms with van der Waals surface area (Å²) in [5, 5.41) is 10.4. The van der Waals surface area contributed by atoms with Gasteiger partial charge in [0.25, 0.3) is 0 Å². The summed E-state index contributed by atoms with van der Waals surface area (Å²) in [5.41, 5.74) is 4.94. The maximum atomic E-state index is 9.27. The number of halogens is 2. The van der Waals surface area contributed by atoms with Gasteiger partial charge in [-0.1, -0.05) is 62.2 Å². The Hall–Kier alpha value is -0.899. The SMILES string of the molecule is CC1=C(C)C(C)[C-]=C1[Si].Cl.Cl.Oc1cccc(-c2ccccc2)c1.[CH2]=[Ti+].